The number of rotatable bonds is 3. The summed E-state index contributed by atoms with van der Waals surface area (Å²) in [6, 6.07) is 3.41. The Morgan fingerprint density at radius 3 is 2.83 bits per heavy atom. The van der Waals surface area contributed by atoms with Gasteiger partial charge in [-0.3, -0.25) is 14.6 Å². The number of carbonyl (C=O) groups is 1. The zero-order valence-corrected chi connectivity index (χ0v) is 14.5. The molecule has 0 aliphatic heterocycles. The zero-order chi connectivity index (χ0) is 16.7. The summed E-state index contributed by atoms with van der Waals surface area (Å²) in [6.45, 7) is 1.94. The number of hydrogen-bond donors (Lipinski definition) is 2. The Bertz CT molecular complexity index is 923. The van der Waals surface area contributed by atoms with Crippen molar-refractivity contribution < 1.29 is 4.79 Å². The van der Waals surface area contributed by atoms with E-state index in [0.717, 1.165) is 23.5 Å². The highest BCUT2D eigenvalue weighted by molar-refractivity contribution is 7.78. The number of amides is 2. The van der Waals surface area contributed by atoms with Gasteiger partial charge in [-0.25, -0.2) is 19.7 Å². The minimum absolute atomic E-state index is 0.216. The molecule has 1 fully saturated rings. The number of nitrogens with zero attached hydrogens (tertiary/aromatic N) is 5. The summed E-state index contributed by atoms with van der Waals surface area (Å²) in [5, 5.41) is 5.64. The average Bonchev–Trinajstić information content (AvgIpc) is 3.34. The second-order valence-corrected chi connectivity index (χ2v) is 7.05. The molecule has 122 valence electrons. The monoisotopic (exact) mass is 358 g/mol. The first-order chi connectivity index (χ1) is 11.6. The quantitative estimate of drug-likeness (QED) is 0.702. The predicted molar refractivity (Wildman–Crippen MR) is 96.0 cm³/mol. The number of hydrogen-bond acceptors (Lipinski definition) is 7. The molecular formula is C15H14N6OS2. The van der Waals surface area contributed by atoms with Crippen LogP contribution in [0, 0.1) is 6.92 Å². The molecule has 2 amide bonds. The predicted octanol–water partition coefficient (Wildman–Crippen LogP) is 3.30. The van der Waals surface area contributed by atoms with Crippen LogP contribution in [-0.4, -0.2) is 36.3 Å². The summed E-state index contributed by atoms with van der Waals surface area (Å²) in [5.41, 5.74) is 2.57. The highest BCUT2D eigenvalue weighted by atomic mass is 32.1. The van der Waals surface area contributed by atoms with E-state index in [1.807, 2.05) is 12.3 Å². The smallest absolute Gasteiger partial charge is 0.291 e. The number of thiol groups is 1. The summed E-state index contributed by atoms with van der Waals surface area (Å²) >= 11 is 5.77. The number of aromatic nitrogens is 4. The maximum absolute atomic E-state index is 12.1. The van der Waals surface area contributed by atoms with E-state index in [4.69, 9.17) is 0 Å². The van der Waals surface area contributed by atoms with E-state index in [2.05, 4.69) is 38.1 Å². The van der Waals surface area contributed by atoms with Gasteiger partial charge in [-0.1, -0.05) is 12.8 Å². The Hall–Kier alpha value is -2.26. The van der Waals surface area contributed by atoms with Gasteiger partial charge in [0.25, 0.3) is 0 Å². The van der Waals surface area contributed by atoms with E-state index in [0.29, 0.717) is 22.7 Å². The number of aryl methyl sites for hydroxylation is 1. The van der Waals surface area contributed by atoms with Crippen LogP contribution in [0.4, 0.5) is 10.6 Å². The van der Waals surface area contributed by atoms with E-state index in [1.54, 1.807) is 29.7 Å². The maximum Gasteiger partial charge on any atom is 0.333 e. The molecule has 1 aliphatic rings. The molecule has 0 bridgehead atoms. The van der Waals surface area contributed by atoms with Crippen molar-refractivity contribution in [2.45, 2.75) is 25.8 Å². The molecule has 1 saturated carbocycles. The molecule has 0 saturated heterocycles. The molecule has 24 heavy (non-hydrogen) atoms. The van der Waals surface area contributed by atoms with E-state index < -0.39 is 0 Å². The first kappa shape index (κ1) is 15.3. The van der Waals surface area contributed by atoms with Gasteiger partial charge in [0, 0.05) is 11.4 Å². The lowest BCUT2D eigenvalue weighted by Gasteiger charge is -2.15. The molecule has 3 heterocycles. The molecule has 1 aliphatic carbocycles. The number of urea groups is 1. The molecule has 7 nitrogen and oxygen atoms in total. The Balaban J connectivity index is 1.62. The van der Waals surface area contributed by atoms with Gasteiger partial charge in [0.2, 0.25) is 0 Å². The number of carbonyl (C=O) groups excluding carboxylic acids is 1. The second kappa shape index (κ2) is 5.99. The van der Waals surface area contributed by atoms with Crippen molar-refractivity contribution in [3.63, 3.8) is 0 Å². The van der Waals surface area contributed by atoms with Crippen molar-refractivity contribution in [1.29, 1.82) is 0 Å². The van der Waals surface area contributed by atoms with Crippen LogP contribution in [0.2, 0.25) is 0 Å². The van der Waals surface area contributed by atoms with Gasteiger partial charge in [0.15, 0.2) is 5.65 Å². The van der Waals surface area contributed by atoms with Gasteiger partial charge < -0.3 is 0 Å². The molecular weight excluding hydrogens is 344 g/mol. The molecule has 0 radical (unpaired) electrons. The summed E-state index contributed by atoms with van der Waals surface area (Å²) in [5.74, 6) is 0.424. The van der Waals surface area contributed by atoms with E-state index in [9.17, 15) is 4.79 Å². The fourth-order valence-corrected chi connectivity index (χ4v) is 3.11. The molecule has 0 unspecified atom stereocenters. The topological polar surface area (TPSA) is 83.9 Å². The summed E-state index contributed by atoms with van der Waals surface area (Å²) < 4.78 is 1.41. The van der Waals surface area contributed by atoms with E-state index in [-0.39, 0.29) is 12.1 Å². The SMILES string of the molecule is Cc1nc(-c2cnc3ccc(NC(=O)N(S)C4CC4)nc3n2)cs1. The Morgan fingerprint density at radius 1 is 1.29 bits per heavy atom. The van der Waals surface area contributed by atoms with Crippen molar-refractivity contribution >= 4 is 47.2 Å². The van der Waals surface area contributed by atoms with Crippen molar-refractivity contribution in [2.75, 3.05) is 5.32 Å². The highest BCUT2D eigenvalue weighted by Crippen LogP contribution is 2.28. The number of thiazole rings is 1. The Kier molecular flexibility index (Phi) is 3.81. The molecule has 3 aromatic heterocycles. The minimum Gasteiger partial charge on any atom is -0.291 e. The van der Waals surface area contributed by atoms with Crippen molar-refractivity contribution in [3.05, 3.63) is 28.7 Å². The fraction of sp³-hybridized carbons (Fsp3) is 0.267. The molecule has 1 N–H and O–H groups in total. The van der Waals surface area contributed by atoms with E-state index >= 15 is 0 Å². The Labute approximate surface area is 147 Å². The van der Waals surface area contributed by atoms with Crippen LogP contribution < -0.4 is 5.32 Å². The third-order valence-corrected chi connectivity index (χ3v) is 4.91. The molecule has 9 heteroatoms. The third kappa shape index (κ3) is 3.04. The van der Waals surface area contributed by atoms with Gasteiger partial charge in [0.05, 0.1) is 11.2 Å². The molecule has 4 rings (SSSR count). The normalized spacial score (nSPS) is 13.9. The number of anilines is 1. The summed E-state index contributed by atoms with van der Waals surface area (Å²) in [6.07, 6.45) is 3.66. The van der Waals surface area contributed by atoms with Gasteiger partial charge in [0.1, 0.15) is 22.7 Å². The molecule has 3 aromatic rings. The van der Waals surface area contributed by atoms with Crippen LogP contribution in [-0.2, 0) is 0 Å². The van der Waals surface area contributed by atoms with Gasteiger partial charge >= 0.3 is 6.03 Å². The number of nitrogens with one attached hydrogen (secondary N) is 1. The summed E-state index contributed by atoms with van der Waals surface area (Å²) in [7, 11) is 0. The lowest BCUT2D eigenvalue weighted by atomic mass is 10.3. The van der Waals surface area contributed by atoms with Crippen LogP contribution in [0.3, 0.4) is 0 Å². The molecule has 0 spiro atoms. The van der Waals surface area contributed by atoms with Crippen LogP contribution in [0.5, 0.6) is 0 Å². The average molecular weight is 358 g/mol. The number of pyridine rings is 1. The third-order valence-electron chi connectivity index (χ3n) is 3.62. The van der Waals surface area contributed by atoms with Gasteiger partial charge in [-0.05, 0) is 31.9 Å². The lowest BCUT2D eigenvalue weighted by molar-refractivity contribution is 0.238. The van der Waals surface area contributed by atoms with Crippen LogP contribution in [0.15, 0.2) is 23.7 Å². The standard InChI is InChI=1S/C15H14N6OS2/c1-8-17-12(7-24-8)11-6-16-10-4-5-13(19-14(10)18-11)20-15(22)21(23)9-2-3-9/h4-7,9,23H,2-3H2,1H3,(H,18,19,20,22). The minimum atomic E-state index is -0.285. The van der Waals surface area contributed by atoms with Crippen molar-refractivity contribution in [1.82, 2.24) is 24.2 Å². The largest absolute Gasteiger partial charge is 0.333 e. The second-order valence-electron chi connectivity index (χ2n) is 5.55. The van der Waals surface area contributed by atoms with Gasteiger partial charge in [-0.15, -0.1) is 11.3 Å². The first-order valence-electron chi connectivity index (χ1n) is 7.45. The Morgan fingerprint density at radius 2 is 2.12 bits per heavy atom. The number of fused-ring (bicyclic) bond motifs is 1. The van der Waals surface area contributed by atoms with Crippen LogP contribution in [0.1, 0.15) is 17.8 Å². The van der Waals surface area contributed by atoms with Crippen molar-refractivity contribution in [2.24, 2.45) is 0 Å². The van der Waals surface area contributed by atoms with Crippen LogP contribution >= 0.6 is 24.2 Å². The van der Waals surface area contributed by atoms with Gasteiger partial charge in [-0.2, -0.15) is 0 Å². The fourth-order valence-electron chi connectivity index (χ4n) is 2.22. The first-order valence-corrected chi connectivity index (χ1v) is 8.73. The molecule has 0 atom stereocenters. The van der Waals surface area contributed by atoms with E-state index in [1.165, 1.54) is 4.31 Å². The van der Waals surface area contributed by atoms with Crippen molar-refractivity contribution in [3.8, 4) is 11.4 Å². The summed E-state index contributed by atoms with van der Waals surface area (Å²) in [4.78, 5) is 29.7. The maximum atomic E-state index is 12.1. The van der Waals surface area contributed by atoms with Crippen LogP contribution in [0.25, 0.3) is 22.6 Å². The zero-order valence-electron chi connectivity index (χ0n) is 12.8. The lowest BCUT2D eigenvalue weighted by Crippen LogP contribution is -2.29. The molecule has 0 aromatic carbocycles. The highest BCUT2D eigenvalue weighted by Gasteiger charge is 2.30.